The van der Waals surface area contributed by atoms with Crippen LogP contribution in [0.2, 0.25) is 0 Å². The van der Waals surface area contributed by atoms with Crippen LogP contribution in [0, 0.1) is 0 Å². The first kappa shape index (κ1) is 13.5. The molecule has 4 heteroatoms. The monoisotopic (exact) mass is 286 g/mol. The van der Waals surface area contributed by atoms with Gasteiger partial charge < -0.3 is 15.3 Å². The molecule has 0 bridgehead atoms. The first-order valence-electron chi connectivity index (χ1n) is 5.50. The average molecular weight is 287 g/mol. The van der Waals surface area contributed by atoms with E-state index in [-0.39, 0.29) is 5.75 Å². The highest BCUT2D eigenvalue weighted by atomic mass is 79.9. The topological polar surface area (TPSA) is 35.5 Å². The SMILES string of the molecule is CCN(C)CCNCc1ccc(O)c(Br)c1. The fraction of sp³-hybridized carbons (Fsp3) is 0.500. The maximum absolute atomic E-state index is 9.35. The number of halogens is 1. The number of rotatable bonds is 6. The molecule has 0 unspecified atom stereocenters. The number of phenolic OH excluding ortho intramolecular Hbond substituents is 1. The van der Waals surface area contributed by atoms with Gasteiger partial charge in [-0.05, 0) is 47.2 Å². The van der Waals surface area contributed by atoms with Crippen LogP contribution in [-0.4, -0.2) is 36.7 Å². The Bertz CT molecular complexity index is 331. The molecular weight excluding hydrogens is 268 g/mol. The van der Waals surface area contributed by atoms with Crippen LogP contribution in [0.25, 0.3) is 0 Å². The lowest BCUT2D eigenvalue weighted by Gasteiger charge is -2.14. The van der Waals surface area contributed by atoms with E-state index in [0.29, 0.717) is 0 Å². The van der Waals surface area contributed by atoms with Gasteiger partial charge in [0, 0.05) is 19.6 Å². The Morgan fingerprint density at radius 1 is 1.44 bits per heavy atom. The number of nitrogens with one attached hydrogen (secondary N) is 1. The molecule has 0 spiro atoms. The molecule has 90 valence electrons. The van der Waals surface area contributed by atoms with E-state index in [1.807, 2.05) is 12.1 Å². The van der Waals surface area contributed by atoms with Crippen LogP contribution in [-0.2, 0) is 6.54 Å². The fourth-order valence-corrected chi connectivity index (χ4v) is 1.75. The maximum atomic E-state index is 9.35. The van der Waals surface area contributed by atoms with Gasteiger partial charge in [-0.2, -0.15) is 0 Å². The highest BCUT2D eigenvalue weighted by molar-refractivity contribution is 9.10. The van der Waals surface area contributed by atoms with E-state index in [9.17, 15) is 5.11 Å². The normalized spacial score (nSPS) is 11.0. The lowest BCUT2D eigenvalue weighted by Crippen LogP contribution is -2.28. The summed E-state index contributed by atoms with van der Waals surface area (Å²) in [5.41, 5.74) is 1.17. The summed E-state index contributed by atoms with van der Waals surface area (Å²) in [7, 11) is 2.11. The summed E-state index contributed by atoms with van der Waals surface area (Å²) in [4.78, 5) is 2.26. The van der Waals surface area contributed by atoms with Crippen molar-refractivity contribution in [3.05, 3.63) is 28.2 Å². The molecule has 0 heterocycles. The number of hydrogen-bond acceptors (Lipinski definition) is 3. The molecular formula is C12H19BrN2O. The van der Waals surface area contributed by atoms with E-state index in [2.05, 4.69) is 40.1 Å². The molecule has 0 aliphatic carbocycles. The van der Waals surface area contributed by atoms with Crippen molar-refractivity contribution in [3.63, 3.8) is 0 Å². The van der Waals surface area contributed by atoms with E-state index in [1.54, 1.807) is 6.07 Å². The van der Waals surface area contributed by atoms with Gasteiger partial charge in [0.2, 0.25) is 0 Å². The maximum Gasteiger partial charge on any atom is 0.129 e. The van der Waals surface area contributed by atoms with E-state index < -0.39 is 0 Å². The van der Waals surface area contributed by atoms with Crippen molar-refractivity contribution in [2.75, 3.05) is 26.7 Å². The second-order valence-corrected chi connectivity index (χ2v) is 4.71. The molecule has 0 aliphatic heterocycles. The first-order chi connectivity index (χ1) is 7.63. The van der Waals surface area contributed by atoms with E-state index in [0.717, 1.165) is 30.7 Å². The largest absolute Gasteiger partial charge is 0.507 e. The van der Waals surface area contributed by atoms with Gasteiger partial charge in [0.15, 0.2) is 0 Å². The predicted octanol–water partition coefficient (Wildman–Crippen LogP) is 2.20. The van der Waals surface area contributed by atoms with Gasteiger partial charge in [0.25, 0.3) is 0 Å². The highest BCUT2D eigenvalue weighted by Crippen LogP contribution is 2.23. The number of aromatic hydroxyl groups is 1. The van der Waals surface area contributed by atoms with Crippen molar-refractivity contribution in [3.8, 4) is 5.75 Å². The van der Waals surface area contributed by atoms with Gasteiger partial charge in [-0.3, -0.25) is 0 Å². The molecule has 0 aromatic heterocycles. The van der Waals surface area contributed by atoms with Gasteiger partial charge >= 0.3 is 0 Å². The standard InChI is InChI=1S/C12H19BrN2O/c1-3-15(2)7-6-14-9-10-4-5-12(16)11(13)8-10/h4-5,8,14,16H,3,6-7,9H2,1-2H3. The molecule has 0 atom stereocenters. The number of nitrogens with zero attached hydrogens (tertiary/aromatic N) is 1. The van der Waals surface area contributed by atoms with Crippen LogP contribution in [0.15, 0.2) is 22.7 Å². The summed E-state index contributed by atoms with van der Waals surface area (Å²) in [5, 5.41) is 12.7. The van der Waals surface area contributed by atoms with E-state index in [4.69, 9.17) is 0 Å². The van der Waals surface area contributed by atoms with Crippen molar-refractivity contribution in [1.29, 1.82) is 0 Å². The van der Waals surface area contributed by atoms with Gasteiger partial charge in [-0.15, -0.1) is 0 Å². The zero-order valence-corrected chi connectivity index (χ0v) is 11.4. The number of hydrogen-bond donors (Lipinski definition) is 2. The Morgan fingerprint density at radius 2 is 2.19 bits per heavy atom. The van der Waals surface area contributed by atoms with E-state index in [1.165, 1.54) is 5.56 Å². The van der Waals surface area contributed by atoms with Gasteiger partial charge in [0.05, 0.1) is 4.47 Å². The van der Waals surface area contributed by atoms with Crippen LogP contribution >= 0.6 is 15.9 Å². The molecule has 0 radical (unpaired) electrons. The van der Waals surface area contributed by atoms with Crippen molar-refractivity contribution in [1.82, 2.24) is 10.2 Å². The minimum absolute atomic E-state index is 0.287. The van der Waals surface area contributed by atoms with Crippen LogP contribution in [0.4, 0.5) is 0 Å². The molecule has 1 rings (SSSR count). The molecule has 16 heavy (non-hydrogen) atoms. The van der Waals surface area contributed by atoms with Gasteiger partial charge in [-0.1, -0.05) is 13.0 Å². The predicted molar refractivity (Wildman–Crippen MR) is 70.7 cm³/mol. The lowest BCUT2D eigenvalue weighted by molar-refractivity contribution is 0.349. The Hall–Kier alpha value is -0.580. The zero-order valence-electron chi connectivity index (χ0n) is 9.83. The molecule has 0 aliphatic rings. The van der Waals surface area contributed by atoms with Crippen LogP contribution in [0.3, 0.4) is 0 Å². The summed E-state index contributed by atoms with van der Waals surface area (Å²) in [5.74, 6) is 0.287. The summed E-state index contributed by atoms with van der Waals surface area (Å²) >= 11 is 3.30. The molecule has 0 saturated carbocycles. The molecule has 0 amide bonds. The smallest absolute Gasteiger partial charge is 0.129 e. The molecule has 1 aromatic carbocycles. The molecule has 0 fully saturated rings. The van der Waals surface area contributed by atoms with Crippen LogP contribution in [0.1, 0.15) is 12.5 Å². The van der Waals surface area contributed by atoms with E-state index >= 15 is 0 Å². The minimum Gasteiger partial charge on any atom is -0.507 e. The summed E-state index contributed by atoms with van der Waals surface area (Å²) in [6.07, 6.45) is 0. The summed E-state index contributed by atoms with van der Waals surface area (Å²) in [6.45, 7) is 6.08. The second kappa shape index (κ2) is 6.89. The fourth-order valence-electron chi connectivity index (χ4n) is 1.32. The Labute approximate surface area is 106 Å². The number of likely N-dealkylation sites (N-methyl/N-ethyl adjacent to an activating group) is 1. The lowest BCUT2D eigenvalue weighted by atomic mass is 10.2. The van der Waals surface area contributed by atoms with Gasteiger partial charge in [0.1, 0.15) is 5.75 Å². The molecule has 1 aromatic rings. The van der Waals surface area contributed by atoms with Crippen molar-refractivity contribution >= 4 is 15.9 Å². The third-order valence-corrected chi connectivity index (χ3v) is 3.19. The Morgan fingerprint density at radius 3 is 2.81 bits per heavy atom. The minimum atomic E-state index is 0.287. The third-order valence-electron chi connectivity index (χ3n) is 2.55. The van der Waals surface area contributed by atoms with Crippen molar-refractivity contribution in [2.45, 2.75) is 13.5 Å². The zero-order chi connectivity index (χ0) is 12.0. The highest BCUT2D eigenvalue weighted by Gasteiger charge is 1.99. The Balaban J connectivity index is 2.29. The first-order valence-corrected chi connectivity index (χ1v) is 6.29. The van der Waals surface area contributed by atoms with Crippen LogP contribution < -0.4 is 5.32 Å². The second-order valence-electron chi connectivity index (χ2n) is 3.86. The van der Waals surface area contributed by atoms with Crippen molar-refractivity contribution < 1.29 is 5.11 Å². The van der Waals surface area contributed by atoms with Gasteiger partial charge in [-0.25, -0.2) is 0 Å². The van der Waals surface area contributed by atoms with Crippen LogP contribution in [0.5, 0.6) is 5.75 Å². The Kier molecular flexibility index (Phi) is 5.80. The molecule has 2 N–H and O–H groups in total. The average Bonchev–Trinajstić information content (AvgIpc) is 2.28. The third kappa shape index (κ3) is 4.51. The number of benzene rings is 1. The quantitative estimate of drug-likeness (QED) is 0.787. The summed E-state index contributed by atoms with van der Waals surface area (Å²) < 4.78 is 0.748. The molecule has 0 saturated heterocycles. The molecule has 3 nitrogen and oxygen atoms in total. The number of phenols is 1. The summed E-state index contributed by atoms with van der Waals surface area (Å²) in [6, 6.07) is 5.57. The van der Waals surface area contributed by atoms with Crippen molar-refractivity contribution in [2.24, 2.45) is 0 Å².